The van der Waals surface area contributed by atoms with Crippen molar-refractivity contribution < 1.29 is 14.6 Å². The minimum atomic E-state index is -0.755. The van der Waals surface area contributed by atoms with Crippen LogP contribution in [0.4, 0.5) is 0 Å². The fourth-order valence-electron chi connectivity index (χ4n) is 1.39. The number of allylic oxidation sites excluding steroid dienone is 2. The number of benzene rings is 1. The third-order valence-corrected chi connectivity index (χ3v) is 2.25. The molecule has 1 rings (SSSR count). The first kappa shape index (κ1) is 12.5. The van der Waals surface area contributed by atoms with Crippen LogP contribution in [0.5, 0.6) is 5.75 Å². The lowest BCUT2D eigenvalue weighted by Gasteiger charge is -2.09. The molecule has 0 aromatic heterocycles. The van der Waals surface area contributed by atoms with Crippen molar-refractivity contribution in [1.82, 2.24) is 0 Å². The number of aliphatic hydroxyl groups excluding tert-OH is 1. The summed E-state index contributed by atoms with van der Waals surface area (Å²) in [5.74, 6) is 0.654. The lowest BCUT2D eigenvalue weighted by Crippen LogP contribution is -2.04. The molecule has 0 unspecified atom stereocenters. The highest BCUT2D eigenvalue weighted by atomic mass is 16.5. The number of hydrogen-bond donors (Lipinski definition) is 1. The van der Waals surface area contributed by atoms with Gasteiger partial charge < -0.3 is 9.84 Å². The fourth-order valence-corrected chi connectivity index (χ4v) is 1.39. The Morgan fingerprint density at radius 3 is 2.56 bits per heavy atom. The Kier molecular flexibility index (Phi) is 4.73. The molecule has 1 aromatic carbocycles. The zero-order valence-corrected chi connectivity index (χ0v) is 9.51. The molecule has 0 aliphatic carbocycles. The lowest BCUT2D eigenvalue weighted by molar-refractivity contribution is -0.116. The normalized spacial score (nSPS) is 12.7. The van der Waals surface area contributed by atoms with Gasteiger partial charge in [0.25, 0.3) is 0 Å². The first-order valence-corrected chi connectivity index (χ1v) is 5.15. The van der Waals surface area contributed by atoms with E-state index in [0.29, 0.717) is 0 Å². The highest BCUT2D eigenvalue weighted by Crippen LogP contribution is 2.20. The number of carbonyl (C=O) groups excluding carboxylic acids is 1. The molecule has 1 aromatic rings. The summed E-state index contributed by atoms with van der Waals surface area (Å²) in [6.45, 7) is 1.78. The average molecular weight is 220 g/mol. The summed E-state index contributed by atoms with van der Waals surface area (Å²) >= 11 is 0. The third kappa shape index (κ3) is 3.51. The van der Waals surface area contributed by atoms with E-state index in [1.165, 1.54) is 6.08 Å². The molecule has 0 radical (unpaired) electrons. The maximum atomic E-state index is 11.3. The van der Waals surface area contributed by atoms with Crippen molar-refractivity contribution in [2.24, 2.45) is 0 Å². The summed E-state index contributed by atoms with van der Waals surface area (Å²) in [6.07, 6.45) is 2.49. The predicted molar refractivity (Wildman–Crippen MR) is 62.4 cm³/mol. The van der Waals surface area contributed by atoms with E-state index in [1.807, 2.05) is 0 Å². The van der Waals surface area contributed by atoms with Gasteiger partial charge in [0.2, 0.25) is 0 Å². The first-order valence-electron chi connectivity index (χ1n) is 5.15. The van der Waals surface area contributed by atoms with Crippen molar-refractivity contribution in [1.29, 1.82) is 0 Å². The molecule has 0 amide bonds. The van der Waals surface area contributed by atoms with E-state index in [4.69, 9.17) is 4.74 Å². The molecule has 0 saturated carbocycles. The van der Waals surface area contributed by atoms with Gasteiger partial charge in [0.1, 0.15) is 5.75 Å². The lowest BCUT2D eigenvalue weighted by atomic mass is 10.0. The van der Waals surface area contributed by atoms with E-state index in [9.17, 15) is 9.90 Å². The monoisotopic (exact) mass is 220 g/mol. The molecular formula is C13H16O3. The molecule has 3 nitrogen and oxygen atoms in total. The Morgan fingerprint density at radius 1 is 1.44 bits per heavy atom. The summed E-state index contributed by atoms with van der Waals surface area (Å²) in [5.41, 5.74) is 0.721. The molecule has 1 atom stereocenters. The van der Waals surface area contributed by atoms with Gasteiger partial charge in [-0.05, 0) is 30.7 Å². The zero-order chi connectivity index (χ0) is 12.0. The van der Waals surface area contributed by atoms with Crippen LogP contribution >= 0.6 is 0 Å². The molecule has 0 aliphatic heterocycles. The molecule has 0 fully saturated rings. The van der Waals surface area contributed by atoms with Crippen LogP contribution in [0, 0.1) is 0 Å². The van der Waals surface area contributed by atoms with Gasteiger partial charge in [-0.1, -0.05) is 18.2 Å². The highest BCUT2D eigenvalue weighted by molar-refractivity contribution is 5.89. The topological polar surface area (TPSA) is 46.5 Å². The number of ketones is 1. The molecule has 0 saturated heterocycles. The van der Waals surface area contributed by atoms with Crippen LogP contribution in [0.25, 0.3) is 0 Å². The number of hydrogen-bond acceptors (Lipinski definition) is 3. The van der Waals surface area contributed by atoms with Crippen molar-refractivity contribution >= 4 is 5.78 Å². The molecule has 1 N–H and O–H groups in total. The molecule has 0 aliphatic rings. The summed E-state index contributed by atoms with van der Waals surface area (Å²) in [6, 6.07) is 7.04. The van der Waals surface area contributed by atoms with Gasteiger partial charge in [-0.25, -0.2) is 0 Å². The second-order valence-electron chi connectivity index (χ2n) is 3.46. The Morgan fingerprint density at radius 2 is 2.06 bits per heavy atom. The second kappa shape index (κ2) is 6.08. The van der Waals surface area contributed by atoms with E-state index < -0.39 is 6.10 Å². The van der Waals surface area contributed by atoms with Crippen LogP contribution in [-0.4, -0.2) is 18.0 Å². The van der Waals surface area contributed by atoms with Crippen LogP contribution < -0.4 is 4.74 Å². The number of ether oxygens (including phenoxy) is 1. The smallest absolute Gasteiger partial charge is 0.158 e. The van der Waals surface area contributed by atoms with Crippen molar-refractivity contribution in [3.63, 3.8) is 0 Å². The second-order valence-corrected chi connectivity index (χ2v) is 3.46. The Labute approximate surface area is 95.4 Å². The maximum absolute atomic E-state index is 11.3. The SMILES string of the molecule is C/C=C/C(=O)C[C@H](O)c1ccc(OC)cc1. The Bertz CT molecular complexity index is 365. The largest absolute Gasteiger partial charge is 0.497 e. The number of methoxy groups -OCH3 is 1. The minimum Gasteiger partial charge on any atom is -0.497 e. The van der Waals surface area contributed by atoms with Gasteiger partial charge in [-0.2, -0.15) is 0 Å². The van der Waals surface area contributed by atoms with Crippen LogP contribution in [0.15, 0.2) is 36.4 Å². The molecule has 0 bridgehead atoms. The highest BCUT2D eigenvalue weighted by Gasteiger charge is 2.10. The van der Waals surface area contributed by atoms with Gasteiger partial charge in [0.15, 0.2) is 5.78 Å². The van der Waals surface area contributed by atoms with E-state index >= 15 is 0 Å². The van der Waals surface area contributed by atoms with Gasteiger partial charge in [-0.3, -0.25) is 4.79 Å². The average Bonchev–Trinajstić information content (AvgIpc) is 2.29. The van der Waals surface area contributed by atoms with Gasteiger partial charge in [-0.15, -0.1) is 0 Å². The molecular weight excluding hydrogens is 204 g/mol. The van der Waals surface area contributed by atoms with E-state index in [0.717, 1.165) is 11.3 Å². The molecule has 86 valence electrons. The third-order valence-electron chi connectivity index (χ3n) is 2.25. The number of rotatable bonds is 5. The van der Waals surface area contributed by atoms with E-state index in [-0.39, 0.29) is 12.2 Å². The Balaban J connectivity index is 2.65. The van der Waals surface area contributed by atoms with Crippen molar-refractivity contribution in [3.05, 3.63) is 42.0 Å². The zero-order valence-electron chi connectivity index (χ0n) is 9.51. The molecule has 16 heavy (non-hydrogen) atoms. The summed E-state index contributed by atoms with van der Waals surface area (Å²) in [4.78, 5) is 11.3. The quantitative estimate of drug-likeness (QED) is 0.774. The first-order chi connectivity index (χ1) is 7.67. The molecule has 0 heterocycles. The van der Waals surface area contributed by atoms with E-state index in [2.05, 4.69) is 0 Å². The van der Waals surface area contributed by atoms with E-state index in [1.54, 1.807) is 44.4 Å². The van der Waals surface area contributed by atoms with Crippen molar-refractivity contribution in [2.75, 3.05) is 7.11 Å². The minimum absolute atomic E-state index is 0.0779. The van der Waals surface area contributed by atoms with Gasteiger partial charge >= 0.3 is 0 Å². The number of carbonyl (C=O) groups is 1. The van der Waals surface area contributed by atoms with Crippen LogP contribution in [-0.2, 0) is 4.79 Å². The predicted octanol–water partition coefficient (Wildman–Crippen LogP) is 2.26. The summed E-state index contributed by atoms with van der Waals surface area (Å²) in [5, 5.41) is 9.79. The van der Waals surface area contributed by atoms with Crippen LogP contribution in [0.1, 0.15) is 25.0 Å². The summed E-state index contributed by atoms with van der Waals surface area (Å²) in [7, 11) is 1.58. The maximum Gasteiger partial charge on any atom is 0.158 e. The van der Waals surface area contributed by atoms with Crippen molar-refractivity contribution in [3.8, 4) is 5.75 Å². The fraction of sp³-hybridized carbons (Fsp3) is 0.308. The van der Waals surface area contributed by atoms with Crippen molar-refractivity contribution in [2.45, 2.75) is 19.4 Å². The molecule has 3 heteroatoms. The standard InChI is InChI=1S/C13H16O3/c1-3-4-11(14)9-13(15)10-5-7-12(16-2)8-6-10/h3-8,13,15H,9H2,1-2H3/b4-3+/t13-/m0/s1. The van der Waals surface area contributed by atoms with Crippen LogP contribution in [0.3, 0.4) is 0 Å². The Hall–Kier alpha value is -1.61. The van der Waals surface area contributed by atoms with Crippen LogP contribution in [0.2, 0.25) is 0 Å². The van der Waals surface area contributed by atoms with Gasteiger partial charge in [0.05, 0.1) is 13.2 Å². The number of aliphatic hydroxyl groups is 1. The summed E-state index contributed by atoms with van der Waals surface area (Å²) < 4.78 is 5.01. The molecule has 0 spiro atoms. The van der Waals surface area contributed by atoms with Gasteiger partial charge in [0, 0.05) is 6.42 Å².